The Morgan fingerprint density at radius 2 is 1.23 bits per heavy atom. The normalized spacial score (nSPS) is 15.5. The first-order chi connectivity index (χ1) is 18.9. The van der Waals surface area contributed by atoms with Crippen LogP contribution >= 0.6 is 0 Å². The van der Waals surface area contributed by atoms with Gasteiger partial charge >= 0.3 is 12.1 Å². The molecule has 2 amide bonds. The number of ether oxygens (including phenoxy) is 2. The van der Waals surface area contributed by atoms with Crippen LogP contribution in [0.5, 0.6) is 0 Å². The maximum atomic E-state index is 13.3. The lowest BCUT2D eigenvalue weighted by atomic mass is 9.95. The van der Waals surface area contributed by atoms with Crippen molar-refractivity contribution in [3.05, 3.63) is 108 Å². The third-order valence-electron chi connectivity index (χ3n) is 6.89. The number of alkyl carbamates (subject to hydrolysis) is 1. The molecule has 3 aromatic rings. The number of benzene rings is 3. The average molecular weight is 531 g/mol. The van der Waals surface area contributed by atoms with Gasteiger partial charge in [-0.3, -0.25) is 4.79 Å². The fraction of sp³-hybridized carbons (Fsp3) is 0.323. The minimum Gasteiger partial charge on any atom is -0.459 e. The number of hydrogen-bond donors (Lipinski definition) is 3. The zero-order valence-corrected chi connectivity index (χ0v) is 21.8. The number of aliphatic hydroxyl groups excluding tert-OH is 1. The van der Waals surface area contributed by atoms with Crippen LogP contribution in [0.15, 0.2) is 91.0 Å². The minimum absolute atomic E-state index is 0.0450. The Labute approximate surface area is 228 Å². The van der Waals surface area contributed by atoms with Gasteiger partial charge in [0.25, 0.3) is 5.91 Å². The van der Waals surface area contributed by atoms with Gasteiger partial charge < -0.3 is 25.2 Å². The SMILES string of the molecule is O=C(N[C@H](Cc1ccccc1)[C@H](O)C(=O)NC1(C(=O)OCc2ccccc2)CCCC1)OCc1ccccc1. The van der Waals surface area contributed by atoms with E-state index in [1.807, 2.05) is 91.0 Å². The topological polar surface area (TPSA) is 114 Å². The Balaban J connectivity index is 1.42. The number of hydrogen-bond acceptors (Lipinski definition) is 6. The van der Waals surface area contributed by atoms with E-state index in [-0.39, 0.29) is 19.6 Å². The molecular weight excluding hydrogens is 496 g/mol. The Morgan fingerprint density at radius 3 is 1.77 bits per heavy atom. The first-order valence-corrected chi connectivity index (χ1v) is 13.2. The molecule has 4 rings (SSSR count). The smallest absolute Gasteiger partial charge is 0.407 e. The van der Waals surface area contributed by atoms with Crippen molar-refractivity contribution < 1.29 is 29.0 Å². The van der Waals surface area contributed by atoms with Crippen LogP contribution in [0.2, 0.25) is 0 Å². The van der Waals surface area contributed by atoms with Gasteiger partial charge in [0.05, 0.1) is 6.04 Å². The van der Waals surface area contributed by atoms with Crippen molar-refractivity contribution in [3.8, 4) is 0 Å². The molecule has 0 heterocycles. The van der Waals surface area contributed by atoms with Crippen molar-refractivity contribution in [2.75, 3.05) is 0 Å². The van der Waals surface area contributed by atoms with Gasteiger partial charge in [-0.2, -0.15) is 0 Å². The van der Waals surface area contributed by atoms with Crippen molar-refractivity contribution in [1.29, 1.82) is 0 Å². The van der Waals surface area contributed by atoms with Crippen LogP contribution in [0.4, 0.5) is 4.79 Å². The fourth-order valence-corrected chi connectivity index (χ4v) is 4.74. The Morgan fingerprint density at radius 1 is 0.744 bits per heavy atom. The van der Waals surface area contributed by atoms with E-state index in [0.29, 0.717) is 12.8 Å². The summed E-state index contributed by atoms with van der Waals surface area (Å²) in [5.74, 6) is -1.28. The number of esters is 1. The molecule has 1 aliphatic rings. The Bertz CT molecular complexity index is 1210. The third-order valence-corrected chi connectivity index (χ3v) is 6.89. The molecule has 0 unspecified atom stereocenters. The Hall–Kier alpha value is -4.17. The summed E-state index contributed by atoms with van der Waals surface area (Å²) in [6.07, 6.45) is 0.104. The first kappa shape index (κ1) is 27.9. The summed E-state index contributed by atoms with van der Waals surface area (Å²) in [6, 6.07) is 26.7. The summed E-state index contributed by atoms with van der Waals surface area (Å²) in [7, 11) is 0. The van der Waals surface area contributed by atoms with E-state index in [9.17, 15) is 19.5 Å². The predicted molar refractivity (Wildman–Crippen MR) is 145 cm³/mol. The van der Waals surface area contributed by atoms with E-state index < -0.39 is 35.7 Å². The molecule has 0 saturated heterocycles. The highest BCUT2D eigenvalue weighted by atomic mass is 16.5. The van der Waals surface area contributed by atoms with Gasteiger partial charge in [0.15, 0.2) is 6.10 Å². The van der Waals surface area contributed by atoms with Gasteiger partial charge in [-0.15, -0.1) is 0 Å². The second-order valence-corrected chi connectivity index (χ2v) is 9.79. The van der Waals surface area contributed by atoms with E-state index in [0.717, 1.165) is 29.5 Å². The number of amides is 2. The second-order valence-electron chi connectivity index (χ2n) is 9.79. The number of carbonyl (C=O) groups is 3. The van der Waals surface area contributed by atoms with Crippen LogP contribution in [0.1, 0.15) is 42.4 Å². The lowest BCUT2D eigenvalue weighted by Gasteiger charge is -2.31. The van der Waals surface area contributed by atoms with Gasteiger partial charge in [0.1, 0.15) is 18.8 Å². The van der Waals surface area contributed by atoms with Gasteiger partial charge in [0.2, 0.25) is 0 Å². The first-order valence-electron chi connectivity index (χ1n) is 13.2. The van der Waals surface area contributed by atoms with E-state index >= 15 is 0 Å². The molecule has 1 saturated carbocycles. The maximum absolute atomic E-state index is 13.3. The molecule has 39 heavy (non-hydrogen) atoms. The molecule has 8 heteroatoms. The molecule has 204 valence electrons. The predicted octanol–water partition coefficient (Wildman–Crippen LogP) is 4.06. The van der Waals surface area contributed by atoms with Crippen molar-refractivity contribution in [2.24, 2.45) is 0 Å². The quantitative estimate of drug-likeness (QED) is 0.322. The van der Waals surface area contributed by atoms with Crippen molar-refractivity contribution in [3.63, 3.8) is 0 Å². The van der Waals surface area contributed by atoms with Crippen LogP contribution < -0.4 is 10.6 Å². The van der Waals surface area contributed by atoms with Gasteiger partial charge in [-0.25, -0.2) is 9.59 Å². The number of carbonyl (C=O) groups excluding carboxylic acids is 3. The molecule has 8 nitrogen and oxygen atoms in total. The largest absolute Gasteiger partial charge is 0.459 e. The van der Waals surface area contributed by atoms with Gasteiger partial charge in [0, 0.05) is 0 Å². The summed E-state index contributed by atoms with van der Waals surface area (Å²) >= 11 is 0. The van der Waals surface area contributed by atoms with Crippen LogP contribution in [0.25, 0.3) is 0 Å². The monoisotopic (exact) mass is 530 g/mol. The number of aliphatic hydroxyl groups is 1. The highest BCUT2D eigenvalue weighted by Crippen LogP contribution is 2.31. The standard InChI is InChI=1S/C31H34N2O6/c34-27(28(35)33-31(18-10-11-19-31)29(36)38-21-24-14-6-2-7-15-24)26(20-23-12-4-1-5-13-23)32-30(37)39-22-25-16-8-3-9-17-25/h1-9,12-17,26-27,34H,10-11,18-22H2,(H,32,37)(H,33,35)/t26-,27+/m1/s1. The molecule has 2 atom stereocenters. The second kappa shape index (κ2) is 13.6. The lowest BCUT2D eigenvalue weighted by molar-refractivity contribution is -0.156. The summed E-state index contributed by atoms with van der Waals surface area (Å²) in [5.41, 5.74) is 1.24. The summed E-state index contributed by atoms with van der Waals surface area (Å²) in [6.45, 7) is 0.134. The summed E-state index contributed by atoms with van der Waals surface area (Å²) < 4.78 is 10.9. The van der Waals surface area contributed by atoms with Crippen LogP contribution in [0.3, 0.4) is 0 Å². The summed E-state index contributed by atoms with van der Waals surface area (Å²) in [4.78, 5) is 39.1. The minimum atomic E-state index is -1.63. The molecule has 0 aliphatic heterocycles. The molecule has 3 N–H and O–H groups in total. The molecule has 0 radical (unpaired) electrons. The molecule has 0 aromatic heterocycles. The van der Waals surface area contributed by atoms with Crippen molar-refractivity contribution in [2.45, 2.75) is 63.0 Å². The van der Waals surface area contributed by atoms with Crippen LogP contribution in [0, 0.1) is 0 Å². The molecule has 0 spiro atoms. The summed E-state index contributed by atoms with van der Waals surface area (Å²) in [5, 5.41) is 16.5. The van der Waals surface area contributed by atoms with Gasteiger partial charge in [-0.1, -0.05) is 104 Å². The zero-order chi connectivity index (χ0) is 27.5. The lowest BCUT2D eigenvalue weighted by Crippen LogP contribution is -2.59. The van der Waals surface area contributed by atoms with Gasteiger partial charge in [-0.05, 0) is 36.0 Å². The maximum Gasteiger partial charge on any atom is 0.407 e. The molecule has 1 aliphatic carbocycles. The van der Waals surface area contributed by atoms with Crippen molar-refractivity contribution in [1.82, 2.24) is 10.6 Å². The number of nitrogens with one attached hydrogen (secondary N) is 2. The third kappa shape index (κ3) is 7.91. The highest BCUT2D eigenvalue weighted by molar-refractivity contribution is 5.90. The van der Waals surface area contributed by atoms with E-state index in [4.69, 9.17) is 9.47 Å². The molecule has 1 fully saturated rings. The van der Waals surface area contributed by atoms with E-state index in [2.05, 4.69) is 10.6 Å². The molecule has 0 bridgehead atoms. The van der Waals surface area contributed by atoms with Crippen LogP contribution in [-0.2, 0) is 38.7 Å². The number of rotatable bonds is 11. The van der Waals surface area contributed by atoms with Crippen LogP contribution in [-0.4, -0.2) is 40.8 Å². The van der Waals surface area contributed by atoms with Crippen molar-refractivity contribution >= 4 is 18.0 Å². The molecule has 3 aromatic carbocycles. The molecular formula is C31H34N2O6. The average Bonchev–Trinajstić information content (AvgIpc) is 3.45. The Kier molecular flexibility index (Phi) is 9.69. The fourth-order valence-electron chi connectivity index (χ4n) is 4.74. The van der Waals surface area contributed by atoms with E-state index in [1.54, 1.807) is 0 Å². The van der Waals surface area contributed by atoms with E-state index in [1.165, 1.54) is 0 Å². The highest BCUT2D eigenvalue weighted by Gasteiger charge is 2.45. The zero-order valence-electron chi connectivity index (χ0n) is 21.8.